The van der Waals surface area contributed by atoms with Crippen molar-refractivity contribution in [2.24, 2.45) is 4.99 Å². The fraction of sp³-hybridized carbons (Fsp3) is 0.682. The molecule has 1 heterocycles. The maximum atomic E-state index is 11.9. The molecule has 1 amide bonds. The molecule has 0 radical (unpaired) electrons. The van der Waals surface area contributed by atoms with Crippen LogP contribution in [-0.2, 0) is 11.3 Å². The average Bonchev–Trinajstić information content (AvgIpc) is 2.68. The number of hydrogen-bond donors (Lipinski definition) is 3. The van der Waals surface area contributed by atoms with Crippen LogP contribution in [0.2, 0.25) is 0 Å². The Balaban J connectivity index is 2.41. The van der Waals surface area contributed by atoms with Gasteiger partial charge in [-0.2, -0.15) is 0 Å². The van der Waals surface area contributed by atoms with Gasteiger partial charge in [0, 0.05) is 45.0 Å². The normalized spacial score (nSPS) is 12.9. The first-order valence-electron chi connectivity index (χ1n) is 10.8. The summed E-state index contributed by atoms with van der Waals surface area (Å²) in [5.41, 5.74) is -0.488. The maximum absolute atomic E-state index is 11.9. The smallest absolute Gasteiger partial charge is 0.407 e. The van der Waals surface area contributed by atoms with Gasteiger partial charge < -0.3 is 25.3 Å². The van der Waals surface area contributed by atoms with Crippen LogP contribution in [0.4, 0.5) is 4.79 Å². The van der Waals surface area contributed by atoms with Crippen LogP contribution in [0, 0.1) is 0 Å². The second-order valence-electron chi connectivity index (χ2n) is 8.30. The minimum absolute atomic E-state index is 0.0270. The van der Waals surface area contributed by atoms with Crippen LogP contribution in [-0.4, -0.2) is 48.4 Å². The number of ether oxygens (including phenoxy) is 1. The van der Waals surface area contributed by atoms with E-state index in [-0.39, 0.29) is 11.6 Å². The Labute approximate surface area is 180 Å². The number of aliphatic imine (C=N–C) groups is 1. The van der Waals surface area contributed by atoms with E-state index in [0.29, 0.717) is 19.0 Å². The third-order valence-corrected chi connectivity index (χ3v) is 4.38. The number of carbonyl (C=O) groups is 1. The summed E-state index contributed by atoms with van der Waals surface area (Å²) in [6.07, 6.45) is 6.26. The molecular formula is C22H39N5O3. The molecule has 0 aliphatic carbocycles. The highest BCUT2D eigenvalue weighted by Gasteiger charge is 2.18. The predicted octanol–water partition coefficient (Wildman–Crippen LogP) is 2.88. The predicted molar refractivity (Wildman–Crippen MR) is 122 cm³/mol. The summed E-state index contributed by atoms with van der Waals surface area (Å²) < 4.78 is 7.03. The number of rotatable bonds is 11. The zero-order valence-corrected chi connectivity index (χ0v) is 19.2. The van der Waals surface area contributed by atoms with Crippen molar-refractivity contribution in [2.75, 3.05) is 20.1 Å². The van der Waals surface area contributed by atoms with E-state index in [4.69, 9.17) is 4.74 Å². The van der Waals surface area contributed by atoms with Crippen molar-refractivity contribution in [3.63, 3.8) is 0 Å². The number of aromatic nitrogens is 1. The molecule has 1 atom stereocenters. The summed E-state index contributed by atoms with van der Waals surface area (Å²) >= 11 is 0. The quantitative estimate of drug-likeness (QED) is 0.290. The van der Waals surface area contributed by atoms with Crippen molar-refractivity contribution in [3.05, 3.63) is 34.7 Å². The van der Waals surface area contributed by atoms with Crippen LogP contribution in [0.1, 0.15) is 59.8 Å². The molecular weight excluding hydrogens is 382 g/mol. The molecule has 1 unspecified atom stereocenters. The van der Waals surface area contributed by atoms with E-state index >= 15 is 0 Å². The highest BCUT2D eigenvalue weighted by Crippen LogP contribution is 2.07. The SMILES string of the molecule is CCCCC(CNC(=O)OC(C)(C)C)NC(=NC)NCCCCn1ccccc1=O. The molecule has 1 aromatic rings. The molecule has 0 aromatic carbocycles. The van der Waals surface area contributed by atoms with E-state index in [1.165, 1.54) is 0 Å². The van der Waals surface area contributed by atoms with Crippen molar-refractivity contribution < 1.29 is 9.53 Å². The molecule has 0 saturated heterocycles. The van der Waals surface area contributed by atoms with Crippen molar-refractivity contribution in [1.29, 1.82) is 0 Å². The molecule has 0 saturated carbocycles. The number of pyridine rings is 1. The number of amides is 1. The van der Waals surface area contributed by atoms with Crippen molar-refractivity contribution >= 4 is 12.1 Å². The number of nitrogens with zero attached hydrogens (tertiary/aromatic N) is 2. The molecule has 3 N–H and O–H groups in total. The number of guanidine groups is 1. The van der Waals surface area contributed by atoms with Crippen molar-refractivity contribution in [1.82, 2.24) is 20.5 Å². The minimum Gasteiger partial charge on any atom is -0.444 e. The molecule has 30 heavy (non-hydrogen) atoms. The molecule has 8 heteroatoms. The molecule has 1 aromatic heterocycles. The number of alkyl carbamates (subject to hydrolysis) is 1. The van der Waals surface area contributed by atoms with E-state index in [9.17, 15) is 9.59 Å². The monoisotopic (exact) mass is 421 g/mol. The van der Waals surface area contributed by atoms with Gasteiger partial charge in [0.25, 0.3) is 0 Å². The van der Waals surface area contributed by atoms with Crippen LogP contribution >= 0.6 is 0 Å². The zero-order valence-electron chi connectivity index (χ0n) is 19.2. The lowest BCUT2D eigenvalue weighted by Crippen LogP contribution is -2.49. The highest BCUT2D eigenvalue weighted by molar-refractivity contribution is 5.80. The van der Waals surface area contributed by atoms with Crippen LogP contribution in [0.15, 0.2) is 34.2 Å². The van der Waals surface area contributed by atoms with Crippen LogP contribution < -0.4 is 21.5 Å². The molecule has 1 rings (SSSR count). The molecule has 8 nitrogen and oxygen atoms in total. The van der Waals surface area contributed by atoms with Gasteiger partial charge in [-0.05, 0) is 46.1 Å². The fourth-order valence-corrected chi connectivity index (χ4v) is 2.84. The Kier molecular flexibility index (Phi) is 11.6. The second kappa shape index (κ2) is 13.7. The van der Waals surface area contributed by atoms with Gasteiger partial charge in [0.1, 0.15) is 5.60 Å². The van der Waals surface area contributed by atoms with Gasteiger partial charge in [0.2, 0.25) is 5.56 Å². The zero-order chi connectivity index (χ0) is 22.4. The van der Waals surface area contributed by atoms with Gasteiger partial charge in [-0.1, -0.05) is 25.8 Å². The Morgan fingerprint density at radius 2 is 1.97 bits per heavy atom. The van der Waals surface area contributed by atoms with E-state index in [2.05, 4.69) is 27.9 Å². The average molecular weight is 422 g/mol. The Hall–Kier alpha value is -2.51. The first-order chi connectivity index (χ1) is 14.2. The number of nitrogens with one attached hydrogen (secondary N) is 3. The molecule has 0 aliphatic rings. The molecule has 0 aliphatic heterocycles. The van der Waals surface area contributed by atoms with Crippen molar-refractivity contribution in [3.8, 4) is 0 Å². The summed E-state index contributed by atoms with van der Waals surface area (Å²) in [5.74, 6) is 0.707. The summed E-state index contributed by atoms with van der Waals surface area (Å²) in [4.78, 5) is 27.9. The van der Waals surface area contributed by atoms with Gasteiger partial charge in [-0.25, -0.2) is 4.79 Å². The number of hydrogen-bond acceptors (Lipinski definition) is 4. The van der Waals surface area contributed by atoms with E-state index in [0.717, 1.165) is 38.6 Å². The Bertz CT molecular complexity index is 709. The van der Waals surface area contributed by atoms with Crippen LogP contribution in [0.5, 0.6) is 0 Å². The first kappa shape index (κ1) is 25.5. The molecule has 0 bridgehead atoms. The standard InChI is InChI=1S/C22H39N5O3/c1-6-7-12-18(17-25-21(29)30-22(2,3)4)26-20(23-5)24-14-9-11-16-27-15-10-8-13-19(27)28/h8,10,13,15,18H,6-7,9,11-12,14,16-17H2,1-5H3,(H,25,29)(H2,23,24,26). The lowest BCUT2D eigenvalue weighted by atomic mass is 10.1. The van der Waals surface area contributed by atoms with E-state index in [1.54, 1.807) is 23.7 Å². The summed E-state index contributed by atoms with van der Waals surface area (Å²) in [5, 5.41) is 9.54. The van der Waals surface area contributed by atoms with Gasteiger partial charge in [-0.15, -0.1) is 0 Å². The number of aryl methyl sites for hydroxylation is 1. The minimum atomic E-state index is -0.515. The van der Waals surface area contributed by atoms with Gasteiger partial charge >= 0.3 is 6.09 Å². The Morgan fingerprint density at radius 3 is 2.60 bits per heavy atom. The van der Waals surface area contributed by atoms with Crippen LogP contribution in [0.25, 0.3) is 0 Å². The van der Waals surface area contributed by atoms with E-state index < -0.39 is 11.7 Å². The molecule has 0 fully saturated rings. The molecule has 0 spiro atoms. The second-order valence-corrected chi connectivity index (χ2v) is 8.30. The maximum Gasteiger partial charge on any atom is 0.407 e. The first-order valence-corrected chi connectivity index (χ1v) is 10.8. The Morgan fingerprint density at radius 1 is 1.20 bits per heavy atom. The summed E-state index contributed by atoms with van der Waals surface area (Å²) in [6.45, 7) is 9.60. The topological polar surface area (TPSA) is 96.8 Å². The number of carbonyl (C=O) groups excluding carboxylic acids is 1. The largest absolute Gasteiger partial charge is 0.444 e. The fourth-order valence-electron chi connectivity index (χ4n) is 2.84. The van der Waals surface area contributed by atoms with Gasteiger partial charge in [0.15, 0.2) is 5.96 Å². The summed E-state index contributed by atoms with van der Waals surface area (Å²) in [7, 11) is 1.73. The number of unbranched alkanes of at least 4 members (excludes halogenated alkanes) is 2. The van der Waals surface area contributed by atoms with Gasteiger partial charge in [-0.3, -0.25) is 9.79 Å². The van der Waals surface area contributed by atoms with E-state index in [1.807, 2.05) is 33.0 Å². The third kappa shape index (κ3) is 11.5. The lowest BCUT2D eigenvalue weighted by molar-refractivity contribution is 0.0523. The molecule has 170 valence electrons. The summed E-state index contributed by atoms with van der Waals surface area (Å²) in [6, 6.07) is 5.26. The highest BCUT2D eigenvalue weighted by atomic mass is 16.6. The third-order valence-electron chi connectivity index (χ3n) is 4.38. The van der Waals surface area contributed by atoms with Crippen molar-refractivity contribution in [2.45, 2.75) is 78.0 Å². The van der Waals surface area contributed by atoms with Gasteiger partial charge in [0.05, 0.1) is 0 Å². The van der Waals surface area contributed by atoms with Crippen LogP contribution in [0.3, 0.4) is 0 Å². The lowest BCUT2D eigenvalue weighted by Gasteiger charge is -2.24.